The number of aromatic nitrogens is 1. The minimum absolute atomic E-state index is 0.0301. The first kappa shape index (κ1) is 22.9. The van der Waals surface area contributed by atoms with Crippen LogP contribution in [0.2, 0.25) is 10.0 Å². The lowest BCUT2D eigenvalue weighted by molar-refractivity contribution is -0.131. The van der Waals surface area contributed by atoms with Crippen molar-refractivity contribution in [1.29, 1.82) is 0 Å². The van der Waals surface area contributed by atoms with Crippen molar-refractivity contribution in [2.24, 2.45) is 11.7 Å². The van der Waals surface area contributed by atoms with E-state index in [9.17, 15) is 4.79 Å². The van der Waals surface area contributed by atoms with Crippen molar-refractivity contribution in [2.45, 2.75) is 39.2 Å². The first-order chi connectivity index (χ1) is 14.3. The summed E-state index contributed by atoms with van der Waals surface area (Å²) in [6.45, 7) is 7.23. The molecular formula is C23H30Cl2N4O. The Kier molecular flexibility index (Phi) is 7.98. The third-order valence-electron chi connectivity index (χ3n) is 5.50. The van der Waals surface area contributed by atoms with Crippen LogP contribution < -0.4 is 10.6 Å². The van der Waals surface area contributed by atoms with Gasteiger partial charge in [-0.1, -0.05) is 49.2 Å². The van der Waals surface area contributed by atoms with Gasteiger partial charge in [0.05, 0.1) is 0 Å². The van der Waals surface area contributed by atoms with Crippen LogP contribution in [0.15, 0.2) is 36.5 Å². The number of carbonyl (C=O) groups excluding carboxylic acids is 1. The monoisotopic (exact) mass is 448 g/mol. The number of nitrogens with two attached hydrogens (primary N) is 1. The van der Waals surface area contributed by atoms with Crippen molar-refractivity contribution in [3.05, 3.63) is 57.7 Å². The Balaban J connectivity index is 1.56. The van der Waals surface area contributed by atoms with Crippen LogP contribution in [0.25, 0.3) is 0 Å². The molecule has 1 fully saturated rings. The molecule has 0 aliphatic carbocycles. The third-order valence-corrected chi connectivity index (χ3v) is 6.08. The van der Waals surface area contributed by atoms with E-state index in [0.717, 1.165) is 36.5 Å². The van der Waals surface area contributed by atoms with Crippen LogP contribution >= 0.6 is 23.2 Å². The van der Waals surface area contributed by atoms with Gasteiger partial charge in [0.1, 0.15) is 5.82 Å². The smallest absolute Gasteiger partial charge is 0.223 e. The zero-order valence-corrected chi connectivity index (χ0v) is 19.2. The van der Waals surface area contributed by atoms with Crippen LogP contribution in [0.1, 0.15) is 43.9 Å². The fraction of sp³-hybridized carbons (Fsp3) is 0.478. The summed E-state index contributed by atoms with van der Waals surface area (Å²) in [6, 6.07) is 9.40. The van der Waals surface area contributed by atoms with E-state index in [2.05, 4.69) is 29.8 Å². The van der Waals surface area contributed by atoms with Gasteiger partial charge in [0.2, 0.25) is 5.91 Å². The van der Waals surface area contributed by atoms with E-state index < -0.39 is 0 Å². The van der Waals surface area contributed by atoms with E-state index in [0.29, 0.717) is 41.9 Å². The number of anilines is 1. The second kappa shape index (κ2) is 10.5. The van der Waals surface area contributed by atoms with Gasteiger partial charge in [-0.05, 0) is 42.5 Å². The number of aryl methyl sites for hydroxylation is 1. The van der Waals surface area contributed by atoms with Gasteiger partial charge in [-0.2, -0.15) is 0 Å². The molecule has 162 valence electrons. The molecule has 1 aromatic carbocycles. The third kappa shape index (κ3) is 5.87. The zero-order valence-electron chi connectivity index (χ0n) is 17.7. The molecule has 30 heavy (non-hydrogen) atoms. The molecule has 2 aromatic rings. The van der Waals surface area contributed by atoms with Crippen molar-refractivity contribution in [2.75, 3.05) is 31.1 Å². The highest BCUT2D eigenvalue weighted by molar-refractivity contribution is 6.35. The van der Waals surface area contributed by atoms with Crippen molar-refractivity contribution in [3.8, 4) is 0 Å². The molecule has 1 aliphatic rings. The highest BCUT2D eigenvalue weighted by Crippen LogP contribution is 2.28. The average molecular weight is 449 g/mol. The summed E-state index contributed by atoms with van der Waals surface area (Å²) in [4.78, 5) is 21.5. The van der Waals surface area contributed by atoms with Crippen molar-refractivity contribution >= 4 is 34.9 Å². The Hall–Kier alpha value is -1.82. The van der Waals surface area contributed by atoms with Crippen LogP contribution in [0.5, 0.6) is 0 Å². The first-order valence-corrected chi connectivity index (χ1v) is 11.3. The maximum atomic E-state index is 12.7. The molecule has 1 aromatic heterocycles. The molecule has 0 saturated carbocycles. The fourth-order valence-electron chi connectivity index (χ4n) is 3.89. The molecule has 1 saturated heterocycles. The second-order valence-electron chi connectivity index (χ2n) is 8.26. The molecule has 1 amide bonds. The minimum Gasteiger partial charge on any atom is -0.353 e. The lowest BCUT2D eigenvalue weighted by atomic mass is 9.98. The number of amides is 1. The molecule has 0 spiro atoms. The fourth-order valence-corrected chi connectivity index (χ4v) is 4.39. The number of nitrogens with zero attached hydrogens (tertiary/aromatic N) is 3. The van der Waals surface area contributed by atoms with E-state index in [1.807, 2.05) is 23.2 Å². The standard InChI is InChI=1S/C23H30Cl2N4O/c1-16(2)14-21(26)19-4-3-9-27-23(19)29-12-10-28(11-13-29)22(30)8-6-17-5-7-18(24)15-20(17)25/h3-5,7,9,15-16,21H,6,8,10-14,26H2,1-2H3/t21-/m0/s1. The Labute approximate surface area is 189 Å². The summed E-state index contributed by atoms with van der Waals surface area (Å²) >= 11 is 12.2. The van der Waals surface area contributed by atoms with Gasteiger partial charge >= 0.3 is 0 Å². The summed E-state index contributed by atoms with van der Waals surface area (Å²) < 4.78 is 0. The maximum absolute atomic E-state index is 12.7. The van der Waals surface area contributed by atoms with Crippen LogP contribution in [0.4, 0.5) is 5.82 Å². The molecule has 5 nitrogen and oxygen atoms in total. The number of benzene rings is 1. The number of hydrogen-bond donors (Lipinski definition) is 1. The van der Waals surface area contributed by atoms with Crippen molar-refractivity contribution < 1.29 is 4.79 Å². The lowest BCUT2D eigenvalue weighted by Gasteiger charge is -2.37. The summed E-state index contributed by atoms with van der Waals surface area (Å²) in [5, 5.41) is 1.22. The van der Waals surface area contributed by atoms with Crippen molar-refractivity contribution in [3.63, 3.8) is 0 Å². The summed E-state index contributed by atoms with van der Waals surface area (Å²) in [6.07, 6.45) is 3.79. The van der Waals surface area contributed by atoms with Crippen LogP contribution in [0, 0.1) is 5.92 Å². The Bertz CT molecular complexity index is 866. The van der Waals surface area contributed by atoms with E-state index >= 15 is 0 Å². The van der Waals surface area contributed by atoms with E-state index in [-0.39, 0.29) is 11.9 Å². The van der Waals surface area contributed by atoms with Gasteiger partial charge in [-0.3, -0.25) is 4.79 Å². The highest BCUT2D eigenvalue weighted by atomic mass is 35.5. The molecule has 7 heteroatoms. The number of pyridine rings is 1. The number of hydrogen-bond acceptors (Lipinski definition) is 4. The summed E-state index contributed by atoms with van der Waals surface area (Å²) in [5.41, 5.74) is 8.48. The highest BCUT2D eigenvalue weighted by Gasteiger charge is 2.24. The minimum atomic E-state index is -0.0301. The summed E-state index contributed by atoms with van der Waals surface area (Å²) in [7, 11) is 0. The maximum Gasteiger partial charge on any atom is 0.223 e. The number of rotatable bonds is 7. The molecule has 1 aliphatic heterocycles. The van der Waals surface area contributed by atoms with E-state index in [4.69, 9.17) is 28.9 Å². The largest absolute Gasteiger partial charge is 0.353 e. The van der Waals surface area contributed by atoms with Crippen LogP contribution in [-0.2, 0) is 11.2 Å². The molecule has 2 heterocycles. The zero-order chi connectivity index (χ0) is 21.7. The molecule has 0 bridgehead atoms. The average Bonchev–Trinajstić information content (AvgIpc) is 2.72. The first-order valence-electron chi connectivity index (χ1n) is 10.5. The molecule has 1 atom stereocenters. The molecule has 0 radical (unpaired) electrons. The molecular weight excluding hydrogens is 419 g/mol. The number of halogens is 2. The SMILES string of the molecule is CC(C)C[C@H](N)c1cccnc1N1CCN(C(=O)CCc2ccc(Cl)cc2Cl)CC1. The number of carbonyl (C=O) groups is 1. The lowest BCUT2D eigenvalue weighted by Crippen LogP contribution is -2.49. The van der Waals surface area contributed by atoms with Crippen molar-refractivity contribution in [1.82, 2.24) is 9.88 Å². The Morgan fingerprint density at radius 2 is 1.90 bits per heavy atom. The van der Waals surface area contributed by atoms with Gasteiger partial charge in [-0.25, -0.2) is 4.98 Å². The number of piperazine rings is 1. The van der Waals surface area contributed by atoms with Gasteiger partial charge in [0.25, 0.3) is 0 Å². The summed E-state index contributed by atoms with van der Waals surface area (Å²) in [5.74, 6) is 1.63. The van der Waals surface area contributed by atoms with Gasteiger partial charge in [0.15, 0.2) is 0 Å². The second-order valence-corrected chi connectivity index (χ2v) is 9.10. The van der Waals surface area contributed by atoms with Gasteiger partial charge in [0, 0.05) is 60.4 Å². The van der Waals surface area contributed by atoms with E-state index in [1.54, 1.807) is 12.1 Å². The quantitative estimate of drug-likeness (QED) is 0.665. The Morgan fingerprint density at radius 3 is 2.57 bits per heavy atom. The van der Waals surface area contributed by atoms with Gasteiger partial charge < -0.3 is 15.5 Å². The predicted molar refractivity (Wildman–Crippen MR) is 124 cm³/mol. The predicted octanol–water partition coefficient (Wildman–Crippen LogP) is 4.72. The topological polar surface area (TPSA) is 62.5 Å². The van der Waals surface area contributed by atoms with Crippen LogP contribution in [-0.4, -0.2) is 42.0 Å². The normalized spacial score (nSPS) is 15.5. The molecule has 0 unspecified atom stereocenters. The molecule has 2 N–H and O–H groups in total. The van der Waals surface area contributed by atoms with Gasteiger partial charge in [-0.15, -0.1) is 0 Å². The Morgan fingerprint density at radius 1 is 1.17 bits per heavy atom. The van der Waals surface area contributed by atoms with E-state index in [1.165, 1.54) is 0 Å². The molecule has 3 rings (SSSR count). The van der Waals surface area contributed by atoms with Crippen LogP contribution in [0.3, 0.4) is 0 Å².